The van der Waals surface area contributed by atoms with E-state index in [-0.39, 0.29) is 24.3 Å². The van der Waals surface area contributed by atoms with Crippen molar-refractivity contribution in [2.24, 2.45) is 11.8 Å². The van der Waals surface area contributed by atoms with Gasteiger partial charge in [0, 0.05) is 13.0 Å². The summed E-state index contributed by atoms with van der Waals surface area (Å²) in [5.41, 5.74) is -0.214. The fourth-order valence-electron chi connectivity index (χ4n) is 4.67. The number of aryl methyl sites for hydroxylation is 1. The van der Waals surface area contributed by atoms with Crippen LogP contribution in [0.15, 0.2) is 29.2 Å². The third kappa shape index (κ3) is 4.22. The lowest BCUT2D eigenvalue weighted by atomic mass is 9.93. The first-order valence-electron chi connectivity index (χ1n) is 10.7. The van der Waals surface area contributed by atoms with Crippen LogP contribution in [0.4, 0.5) is 8.78 Å². The second-order valence-corrected chi connectivity index (χ2v) is 11.4. The minimum Gasteiger partial charge on any atom is -0.338 e. The summed E-state index contributed by atoms with van der Waals surface area (Å²) in [6, 6.07) is 8.45. The van der Waals surface area contributed by atoms with Crippen molar-refractivity contribution in [1.29, 1.82) is 5.26 Å². The molecule has 0 aromatic heterocycles. The average molecular weight is 466 g/mol. The van der Waals surface area contributed by atoms with E-state index in [4.69, 9.17) is 0 Å². The quantitative estimate of drug-likeness (QED) is 0.718. The predicted molar refractivity (Wildman–Crippen MR) is 110 cm³/mol. The summed E-state index contributed by atoms with van der Waals surface area (Å²) in [6.07, 6.45) is 0.317. The molecule has 3 aliphatic rings. The molecule has 10 heteroatoms. The van der Waals surface area contributed by atoms with Gasteiger partial charge in [0.1, 0.15) is 5.54 Å². The van der Waals surface area contributed by atoms with Crippen LogP contribution >= 0.6 is 0 Å². The number of hydrogen-bond donors (Lipinski definition) is 1. The number of nitriles is 1. The number of rotatable bonds is 5. The second-order valence-electron chi connectivity index (χ2n) is 9.22. The van der Waals surface area contributed by atoms with Gasteiger partial charge < -0.3 is 10.2 Å². The molecule has 2 amide bonds. The van der Waals surface area contributed by atoms with Crippen LogP contribution in [0.2, 0.25) is 0 Å². The highest BCUT2D eigenvalue weighted by molar-refractivity contribution is 7.92. The van der Waals surface area contributed by atoms with Crippen molar-refractivity contribution < 1.29 is 26.8 Å². The van der Waals surface area contributed by atoms with Gasteiger partial charge in [-0.2, -0.15) is 5.26 Å². The Hall–Kier alpha value is -2.54. The molecule has 7 nitrogen and oxygen atoms in total. The number of sulfone groups is 1. The zero-order valence-corrected chi connectivity index (χ0v) is 18.5. The Bertz CT molecular complexity index is 1090. The standard InChI is InChI=1S/C22H25F2N3O4S/c1-14-3-2-4-15(9-14)32(30,31)16-10-17(19(28)26-21(12-25)5-6-21)18(11-16)20(29)27-8-7-22(23,24)13-27/h2-4,9,16-18H,5-8,10-11,13H2,1H3,(H,26,28)/t16-,17-,18?/m1/s1. The van der Waals surface area contributed by atoms with Crippen molar-refractivity contribution in [3.63, 3.8) is 0 Å². The van der Waals surface area contributed by atoms with E-state index in [0.717, 1.165) is 10.5 Å². The van der Waals surface area contributed by atoms with E-state index >= 15 is 0 Å². The molecule has 32 heavy (non-hydrogen) atoms. The van der Waals surface area contributed by atoms with Gasteiger partial charge in [0.25, 0.3) is 5.92 Å². The Morgan fingerprint density at radius 3 is 2.44 bits per heavy atom. The second kappa shape index (κ2) is 7.80. The van der Waals surface area contributed by atoms with Crippen molar-refractivity contribution in [2.45, 2.75) is 60.6 Å². The number of alkyl halides is 2. The van der Waals surface area contributed by atoms with E-state index in [1.54, 1.807) is 19.1 Å². The van der Waals surface area contributed by atoms with Gasteiger partial charge in [-0.05, 0) is 50.3 Å². The molecule has 1 heterocycles. The Morgan fingerprint density at radius 2 is 1.88 bits per heavy atom. The van der Waals surface area contributed by atoms with Crippen molar-refractivity contribution in [2.75, 3.05) is 13.1 Å². The summed E-state index contributed by atoms with van der Waals surface area (Å²) in [7, 11) is -3.84. The Kier molecular flexibility index (Phi) is 5.52. The third-order valence-corrected chi connectivity index (χ3v) is 8.91. The van der Waals surface area contributed by atoms with Gasteiger partial charge in [0.15, 0.2) is 9.84 Å². The Morgan fingerprint density at radius 1 is 1.19 bits per heavy atom. The fraction of sp³-hybridized carbons (Fsp3) is 0.591. The summed E-state index contributed by atoms with van der Waals surface area (Å²) < 4.78 is 53.9. The van der Waals surface area contributed by atoms with Gasteiger partial charge in [-0.1, -0.05) is 12.1 Å². The summed E-state index contributed by atoms with van der Waals surface area (Å²) in [6.45, 7) is 0.906. The molecule has 0 bridgehead atoms. The van der Waals surface area contributed by atoms with Gasteiger partial charge in [0.05, 0.1) is 34.6 Å². The summed E-state index contributed by atoms with van der Waals surface area (Å²) >= 11 is 0. The zero-order valence-electron chi connectivity index (χ0n) is 17.7. The van der Waals surface area contributed by atoms with Gasteiger partial charge in [-0.3, -0.25) is 9.59 Å². The molecule has 1 aliphatic heterocycles. The number of amides is 2. The monoisotopic (exact) mass is 465 g/mol. The van der Waals surface area contributed by atoms with E-state index in [1.165, 1.54) is 12.1 Å². The van der Waals surface area contributed by atoms with E-state index in [9.17, 15) is 32.0 Å². The highest BCUT2D eigenvalue weighted by atomic mass is 32.2. The molecule has 1 N–H and O–H groups in total. The van der Waals surface area contributed by atoms with Gasteiger partial charge in [-0.15, -0.1) is 0 Å². The third-order valence-electron chi connectivity index (χ3n) is 6.74. The van der Waals surface area contributed by atoms with Crippen LogP contribution in [0, 0.1) is 30.1 Å². The van der Waals surface area contributed by atoms with Crippen LogP contribution in [-0.2, 0) is 19.4 Å². The summed E-state index contributed by atoms with van der Waals surface area (Å²) in [5.74, 6) is -6.19. The Labute approximate surface area is 185 Å². The molecule has 1 saturated heterocycles. The topological polar surface area (TPSA) is 107 Å². The SMILES string of the molecule is Cc1cccc(S(=O)(=O)[C@H]2CC(C(=O)N3CCC(F)(F)C3)[C@H](C(=O)NC3(C#N)CC3)C2)c1. The van der Waals surface area contributed by atoms with Gasteiger partial charge in [-0.25, -0.2) is 17.2 Å². The van der Waals surface area contributed by atoms with Crippen LogP contribution in [0.5, 0.6) is 0 Å². The largest absolute Gasteiger partial charge is 0.338 e. The molecule has 4 rings (SSSR count). The molecule has 172 valence electrons. The highest BCUT2D eigenvalue weighted by Gasteiger charge is 2.53. The molecular formula is C22H25F2N3O4S. The predicted octanol–water partition coefficient (Wildman–Crippen LogP) is 2.20. The molecule has 3 fully saturated rings. The molecule has 1 aromatic carbocycles. The number of carbonyl (C=O) groups excluding carboxylic acids is 2. The minimum absolute atomic E-state index is 0.0930. The molecule has 2 aliphatic carbocycles. The number of nitrogens with zero attached hydrogens (tertiary/aromatic N) is 2. The van der Waals surface area contributed by atoms with E-state index < -0.39 is 63.2 Å². The first kappa shape index (κ1) is 22.6. The van der Waals surface area contributed by atoms with Crippen LogP contribution in [0.3, 0.4) is 0 Å². The van der Waals surface area contributed by atoms with Crippen molar-refractivity contribution >= 4 is 21.7 Å². The van der Waals surface area contributed by atoms with Crippen LogP contribution in [-0.4, -0.2) is 54.9 Å². The maximum atomic E-state index is 13.7. The molecule has 1 aromatic rings. The number of nitrogens with one attached hydrogen (secondary N) is 1. The number of halogens is 2. The first-order chi connectivity index (χ1) is 15.0. The lowest BCUT2D eigenvalue weighted by Crippen LogP contribution is -2.45. The molecular weight excluding hydrogens is 440 g/mol. The summed E-state index contributed by atoms with van der Waals surface area (Å²) in [5, 5.41) is 11.0. The number of carbonyl (C=O) groups is 2. The normalized spacial score (nSPS) is 28.2. The molecule has 1 unspecified atom stereocenters. The van der Waals surface area contributed by atoms with Crippen molar-refractivity contribution in [3.05, 3.63) is 29.8 Å². The zero-order chi connectivity index (χ0) is 23.3. The summed E-state index contributed by atoms with van der Waals surface area (Å²) in [4.78, 5) is 27.3. The fourth-order valence-corrected chi connectivity index (χ4v) is 6.59. The van der Waals surface area contributed by atoms with Crippen LogP contribution < -0.4 is 5.32 Å². The van der Waals surface area contributed by atoms with E-state index in [1.807, 2.05) is 6.07 Å². The van der Waals surface area contributed by atoms with Crippen molar-refractivity contribution in [1.82, 2.24) is 10.2 Å². The smallest absolute Gasteiger partial charge is 0.267 e. The Balaban J connectivity index is 1.61. The van der Waals surface area contributed by atoms with Crippen molar-refractivity contribution in [3.8, 4) is 6.07 Å². The number of likely N-dealkylation sites (tertiary alicyclic amines) is 1. The lowest BCUT2D eigenvalue weighted by molar-refractivity contribution is -0.141. The first-order valence-corrected chi connectivity index (χ1v) is 12.2. The van der Waals surface area contributed by atoms with Gasteiger partial charge >= 0.3 is 0 Å². The molecule has 0 spiro atoms. The lowest BCUT2D eigenvalue weighted by Gasteiger charge is -2.24. The number of benzene rings is 1. The molecule has 0 radical (unpaired) electrons. The highest BCUT2D eigenvalue weighted by Crippen LogP contribution is 2.42. The minimum atomic E-state index is -3.84. The number of hydrogen-bond acceptors (Lipinski definition) is 5. The van der Waals surface area contributed by atoms with Gasteiger partial charge in [0.2, 0.25) is 11.8 Å². The van der Waals surface area contributed by atoms with Crippen LogP contribution in [0.25, 0.3) is 0 Å². The molecule has 3 atom stereocenters. The average Bonchev–Trinajstić information content (AvgIpc) is 3.19. The van der Waals surface area contributed by atoms with E-state index in [2.05, 4.69) is 5.32 Å². The van der Waals surface area contributed by atoms with Crippen LogP contribution in [0.1, 0.15) is 37.7 Å². The maximum Gasteiger partial charge on any atom is 0.267 e. The maximum absolute atomic E-state index is 13.7. The molecule has 2 saturated carbocycles. The van der Waals surface area contributed by atoms with E-state index in [0.29, 0.717) is 12.8 Å².